The molecule has 0 aliphatic carbocycles. The van der Waals surface area contributed by atoms with E-state index in [-0.39, 0.29) is 12.1 Å². The van der Waals surface area contributed by atoms with Gasteiger partial charge in [0, 0.05) is 6.54 Å². The summed E-state index contributed by atoms with van der Waals surface area (Å²) in [5.41, 5.74) is 3.92. The van der Waals surface area contributed by atoms with Gasteiger partial charge in [0.05, 0.1) is 30.3 Å². The summed E-state index contributed by atoms with van der Waals surface area (Å²) in [6, 6.07) is 9.81. The van der Waals surface area contributed by atoms with Gasteiger partial charge in [-0.1, -0.05) is 24.3 Å². The largest absolute Gasteiger partial charge is 0.373 e. The molecule has 1 aliphatic heterocycles. The van der Waals surface area contributed by atoms with E-state index in [2.05, 4.69) is 39.0 Å². The van der Waals surface area contributed by atoms with E-state index in [9.17, 15) is 4.79 Å². The molecule has 2 aromatic rings. The second kappa shape index (κ2) is 7.19. The molecular formula is C17H20N4O2. The van der Waals surface area contributed by atoms with Crippen molar-refractivity contribution in [3.63, 3.8) is 0 Å². The number of fused-ring (bicyclic) bond motifs is 1. The second-order valence-electron chi connectivity index (χ2n) is 5.51. The van der Waals surface area contributed by atoms with Gasteiger partial charge in [-0.05, 0) is 37.0 Å². The Hall–Kier alpha value is -2.47. The lowest BCUT2D eigenvalue weighted by molar-refractivity contribution is 0.0373. The number of hydrogen-bond donors (Lipinski definition) is 2. The Kier molecular flexibility index (Phi) is 4.83. The summed E-state index contributed by atoms with van der Waals surface area (Å²) in [6.07, 6.45) is 3.30. The fourth-order valence-electron chi connectivity index (χ4n) is 2.73. The third kappa shape index (κ3) is 3.84. The summed E-state index contributed by atoms with van der Waals surface area (Å²) in [5, 5.41) is 13.3. The molecule has 1 aromatic carbocycles. The molecule has 1 atom stereocenters. The van der Waals surface area contributed by atoms with Gasteiger partial charge in [0.15, 0.2) is 0 Å². The number of urea groups is 1. The van der Waals surface area contributed by atoms with Crippen molar-refractivity contribution in [2.24, 2.45) is 0 Å². The number of carbonyl (C=O) groups excluding carboxylic acids is 1. The van der Waals surface area contributed by atoms with Gasteiger partial charge < -0.3 is 15.4 Å². The molecule has 23 heavy (non-hydrogen) atoms. The van der Waals surface area contributed by atoms with Crippen LogP contribution in [0.2, 0.25) is 0 Å². The lowest BCUT2D eigenvalue weighted by Crippen LogP contribution is -2.31. The van der Waals surface area contributed by atoms with Gasteiger partial charge in [0.25, 0.3) is 0 Å². The highest BCUT2D eigenvalue weighted by Crippen LogP contribution is 2.28. The standard InChI is InChI=1S/C17H20N4O2/c1-12-15(6-10-19-21-12)20-17(22)18-9-7-16-14-5-3-2-4-13(14)8-11-23-16/h2-6,10,16H,7-9,11H2,1H3,(H2,18,19,20,22). The average Bonchev–Trinajstić information content (AvgIpc) is 2.57. The summed E-state index contributed by atoms with van der Waals surface area (Å²) in [4.78, 5) is 11.9. The number of hydrogen-bond acceptors (Lipinski definition) is 4. The maximum absolute atomic E-state index is 11.9. The highest BCUT2D eigenvalue weighted by molar-refractivity contribution is 5.89. The lowest BCUT2D eigenvalue weighted by atomic mass is 9.96. The molecule has 0 spiro atoms. The third-order valence-corrected chi connectivity index (χ3v) is 3.94. The van der Waals surface area contributed by atoms with Crippen molar-refractivity contribution in [2.45, 2.75) is 25.9 Å². The molecular weight excluding hydrogens is 292 g/mol. The zero-order valence-corrected chi connectivity index (χ0v) is 13.1. The van der Waals surface area contributed by atoms with Crippen molar-refractivity contribution in [1.82, 2.24) is 15.5 Å². The minimum Gasteiger partial charge on any atom is -0.373 e. The Morgan fingerprint density at radius 3 is 3.09 bits per heavy atom. The summed E-state index contributed by atoms with van der Waals surface area (Å²) >= 11 is 0. The number of anilines is 1. The van der Waals surface area contributed by atoms with Gasteiger partial charge >= 0.3 is 6.03 Å². The monoisotopic (exact) mass is 312 g/mol. The first-order chi connectivity index (χ1) is 11.2. The van der Waals surface area contributed by atoms with Crippen molar-refractivity contribution >= 4 is 11.7 Å². The van der Waals surface area contributed by atoms with E-state index in [0.717, 1.165) is 19.4 Å². The molecule has 0 bridgehead atoms. The lowest BCUT2D eigenvalue weighted by Gasteiger charge is -2.26. The van der Waals surface area contributed by atoms with E-state index < -0.39 is 0 Å². The zero-order chi connectivity index (χ0) is 16.1. The van der Waals surface area contributed by atoms with E-state index in [1.807, 2.05) is 6.07 Å². The SMILES string of the molecule is Cc1nnccc1NC(=O)NCCC1OCCc2ccccc21. The number of benzene rings is 1. The summed E-state index contributed by atoms with van der Waals surface area (Å²) in [5.74, 6) is 0. The van der Waals surface area contributed by atoms with Crippen LogP contribution in [0, 0.1) is 6.92 Å². The Morgan fingerprint density at radius 2 is 2.22 bits per heavy atom. The number of nitrogens with one attached hydrogen (secondary N) is 2. The minimum atomic E-state index is -0.245. The molecule has 0 radical (unpaired) electrons. The maximum atomic E-state index is 11.9. The molecule has 0 fully saturated rings. The maximum Gasteiger partial charge on any atom is 0.319 e. The van der Waals surface area contributed by atoms with E-state index in [1.165, 1.54) is 11.1 Å². The van der Waals surface area contributed by atoms with Gasteiger partial charge in [-0.15, -0.1) is 0 Å². The van der Waals surface area contributed by atoms with E-state index in [4.69, 9.17) is 4.74 Å². The van der Waals surface area contributed by atoms with Crippen molar-refractivity contribution in [1.29, 1.82) is 0 Å². The van der Waals surface area contributed by atoms with E-state index in [1.54, 1.807) is 19.2 Å². The van der Waals surface area contributed by atoms with Gasteiger partial charge in [-0.3, -0.25) is 0 Å². The van der Waals surface area contributed by atoms with Gasteiger partial charge in [0.2, 0.25) is 0 Å². The average molecular weight is 312 g/mol. The fourth-order valence-corrected chi connectivity index (χ4v) is 2.73. The quantitative estimate of drug-likeness (QED) is 0.910. The number of carbonyl (C=O) groups is 1. The Morgan fingerprint density at radius 1 is 1.35 bits per heavy atom. The summed E-state index contributed by atoms with van der Waals surface area (Å²) in [7, 11) is 0. The third-order valence-electron chi connectivity index (χ3n) is 3.94. The van der Waals surface area contributed by atoms with Crippen LogP contribution in [-0.2, 0) is 11.2 Å². The van der Waals surface area contributed by atoms with Crippen molar-refractivity contribution < 1.29 is 9.53 Å². The molecule has 0 saturated heterocycles. The second-order valence-corrected chi connectivity index (χ2v) is 5.51. The Balaban J connectivity index is 1.50. The number of aryl methyl sites for hydroxylation is 1. The number of ether oxygens (including phenoxy) is 1. The fraction of sp³-hybridized carbons (Fsp3) is 0.353. The van der Waals surface area contributed by atoms with Gasteiger partial charge in [0.1, 0.15) is 0 Å². The molecule has 1 aliphatic rings. The highest BCUT2D eigenvalue weighted by Gasteiger charge is 2.20. The summed E-state index contributed by atoms with van der Waals surface area (Å²) < 4.78 is 5.83. The smallest absolute Gasteiger partial charge is 0.319 e. The molecule has 1 aromatic heterocycles. The first-order valence-corrected chi connectivity index (χ1v) is 7.76. The molecule has 2 amide bonds. The molecule has 2 heterocycles. The number of rotatable bonds is 4. The topological polar surface area (TPSA) is 76.1 Å². The Labute approximate surface area is 135 Å². The number of nitrogens with zero attached hydrogens (tertiary/aromatic N) is 2. The van der Waals surface area contributed by atoms with Crippen LogP contribution in [0.4, 0.5) is 10.5 Å². The van der Waals surface area contributed by atoms with E-state index in [0.29, 0.717) is 17.9 Å². The zero-order valence-electron chi connectivity index (χ0n) is 13.1. The van der Waals surface area contributed by atoms with Crippen molar-refractivity contribution in [3.05, 3.63) is 53.3 Å². The predicted octanol–water partition coefficient (Wildman–Crippen LogP) is 2.61. The molecule has 2 N–H and O–H groups in total. The van der Waals surface area contributed by atoms with Crippen LogP contribution in [0.25, 0.3) is 0 Å². The molecule has 1 unspecified atom stereocenters. The molecule has 6 nitrogen and oxygen atoms in total. The first kappa shape index (κ1) is 15.4. The normalized spacial score (nSPS) is 16.5. The molecule has 120 valence electrons. The Bertz CT molecular complexity index is 690. The van der Waals surface area contributed by atoms with Crippen LogP contribution in [0.1, 0.15) is 29.3 Å². The van der Waals surface area contributed by atoms with Gasteiger partial charge in [-0.25, -0.2) is 4.79 Å². The molecule has 3 rings (SSSR count). The number of amides is 2. The summed E-state index contributed by atoms with van der Waals surface area (Å²) in [6.45, 7) is 3.08. The minimum absolute atomic E-state index is 0.0459. The van der Waals surface area contributed by atoms with Crippen LogP contribution in [0.5, 0.6) is 0 Å². The van der Waals surface area contributed by atoms with Crippen LogP contribution in [0.15, 0.2) is 36.5 Å². The van der Waals surface area contributed by atoms with Crippen LogP contribution in [0.3, 0.4) is 0 Å². The van der Waals surface area contributed by atoms with Gasteiger partial charge in [-0.2, -0.15) is 10.2 Å². The molecule has 0 saturated carbocycles. The predicted molar refractivity (Wildman–Crippen MR) is 87.2 cm³/mol. The van der Waals surface area contributed by atoms with Crippen LogP contribution < -0.4 is 10.6 Å². The van der Waals surface area contributed by atoms with Crippen molar-refractivity contribution in [3.8, 4) is 0 Å². The highest BCUT2D eigenvalue weighted by atomic mass is 16.5. The first-order valence-electron chi connectivity index (χ1n) is 7.76. The van der Waals surface area contributed by atoms with Crippen LogP contribution >= 0.6 is 0 Å². The van der Waals surface area contributed by atoms with Crippen molar-refractivity contribution in [2.75, 3.05) is 18.5 Å². The van der Waals surface area contributed by atoms with Crippen LogP contribution in [-0.4, -0.2) is 29.4 Å². The van der Waals surface area contributed by atoms with E-state index >= 15 is 0 Å². The molecule has 6 heteroatoms. The number of aromatic nitrogens is 2.